The number of anilines is 1. The third-order valence-corrected chi connectivity index (χ3v) is 5.96. The van der Waals surface area contributed by atoms with Gasteiger partial charge in [-0.1, -0.05) is 11.3 Å². The van der Waals surface area contributed by atoms with Gasteiger partial charge in [-0.25, -0.2) is 13.4 Å². The van der Waals surface area contributed by atoms with E-state index in [-0.39, 0.29) is 5.91 Å². The van der Waals surface area contributed by atoms with Crippen molar-refractivity contribution in [3.05, 3.63) is 18.2 Å². The van der Waals surface area contributed by atoms with Crippen molar-refractivity contribution in [3.63, 3.8) is 0 Å². The van der Waals surface area contributed by atoms with Gasteiger partial charge in [-0.2, -0.15) is 0 Å². The summed E-state index contributed by atoms with van der Waals surface area (Å²) in [4.78, 5) is 20.2. The maximum absolute atomic E-state index is 11.6. The summed E-state index contributed by atoms with van der Waals surface area (Å²) >= 11 is 1.49. The topological polar surface area (TPSA) is 70.6 Å². The second kappa shape index (κ2) is 5.51. The number of rotatable bonds is 2. The van der Waals surface area contributed by atoms with E-state index in [1.54, 1.807) is 25.1 Å². The Kier molecular flexibility index (Phi) is 3.82. The van der Waals surface area contributed by atoms with Crippen LogP contribution < -0.4 is 4.90 Å². The van der Waals surface area contributed by atoms with E-state index >= 15 is 0 Å². The Morgan fingerprint density at radius 3 is 2.50 bits per heavy atom. The largest absolute Gasteiger partial charge is 0.345 e. The molecule has 0 unspecified atom stereocenters. The lowest BCUT2D eigenvalue weighted by Crippen LogP contribution is -2.48. The zero-order valence-electron chi connectivity index (χ0n) is 12.4. The smallest absolute Gasteiger partial charge is 0.219 e. The molecular weight excluding hydrogens is 322 g/mol. The molecule has 1 aromatic heterocycles. The van der Waals surface area contributed by atoms with Crippen molar-refractivity contribution in [2.24, 2.45) is 0 Å². The minimum absolute atomic E-state index is 0.0988. The van der Waals surface area contributed by atoms with Crippen molar-refractivity contribution < 1.29 is 13.2 Å². The van der Waals surface area contributed by atoms with E-state index in [2.05, 4.69) is 9.88 Å². The van der Waals surface area contributed by atoms with E-state index in [0.717, 1.165) is 28.4 Å². The van der Waals surface area contributed by atoms with Gasteiger partial charge >= 0.3 is 0 Å². The molecule has 1 saturated heterocycles. The lowest BCUT2D eigenvalue weighted by molar-refractivity contribution is -0.129. The van der Waals surface area contributed by atoms with Crippen LogP contribution in [0.15, 0.2) is 23.1 Å². The number of benzene rings is 1. The predicted octanol–water partition coefficient (Wildman–Crippen LogP) is 1.37. The molecule has 1 amide bonds. The lowest BCUT2D eigenvalue weighted by atomic mass is 10.3. The van der Waals surface area contributed by atoms with Crippen LogP contribution in [0.25, 0.3) is 10.2 Å². The number of sulfone groups is 1. The number of amides is 1. The van der Waals surface area contributed by atoms with Crippen LogP contribution in [-0.4, -0.2) is 56.6 Å². The molecule has 0 N–H and O–H groups in total. The normalized spacial score (nSPS) is 16.3. The van der Waals surface area contributed by atoms with E-state index in [1.165, 1.54) is 17.6 Å². The highest BCUT2D eigenvalue weighted by molar-refractivity contribution is 7.90. The first-order valence-electron chi connectivity index (χ1n) is 6.96. The van der Waals surface area contributed by atoms with Gasteiger partial charge in [-0.05, 0) is 18.2 Å². The maximum atomic E-state index is 11.6. The van der Waals surface area contributed by atoms with Crippen molar-refractivity contribution in [1.82, 2.24) is 9.88 Å². The SMILES string of the molecule is CC(=O)N1CCN(c2nc3ccc(S(C)(=O)=O)cc3s2)CC1. The van der Waals surface area contributed by atoms with Crippen molar-refractivity contribution in [2.75, 3.05) is 37.3 Å². The molecule has 0 atom stereocenters. The van der Waals surface area contributed by atoms with Gasteiger partial charge in [-0.15, -0.1) is 0 Å². The predicted molar refractivity (Wildman–Crippen MR) is 87.2 cm³/mol. The Hall–Kier alpha value is -1.67. The fourth-order valence-corrected chi connectivity index (χ4v) is 4.25. The van der Waals surface area contributed by atoms with Crippen molar-refractivity contribution in [3.8, 4) is 0 Å². The third kappa shape index (κ3) is 2.93. The average Bonchev–Trinajstić information content (AvgIpc) is 2.89. The van der Waals surface area contributed by atoms with Gasteiger partial charge in [-0.3, -0.25) is 4.79 Å². The highest BCUT2D eigenvalue weighted by atomic mass is 32.2. The van der Waals surface area contributed by atoms with Crippen LogP contribution in [0.4, 0.5) is 5.13 Å². The summed E-state index contributed by atoms with van der Waals surface area (Å²) in [6, 6.07) is 5.02. The van der Waals surface area contributed by atoms with Crippen LogP contribution in [0.2, 0.25) is 0 Å². The second-order valence-corrected chi connectivity index (χ2v) is 8.42. The quantitative estimate of drug-likeness (QED) is 0.826. The molecule has 1 fully saturated rings. The summed E-state index contributed by atoms with van der Waals surface area (Å²) in [5.41, 5.74) is 0.807. The van der Waals surface area contributed by atoms with Gasteiger partial charge < -0.3 is 9.80 Å². The first-order valence-corrected chi connectivity index (χ1v) is 9.66. The highest BCUT2D eigenvalue weighted by Gasteiger charge is 2.21. The van der Waals surface area contributed by atoms with Crippen LogP contribution in [0.1, 0.15) is 6.92 Å². The van der Waals surface area contributed by atoms with Gasteiger partial charge in [0.1, 0.15) is 0 Å². The minimum atomic E-state index is -3.21. The summed E-state index contributed by atoms with van der Waals surface area (Å²) in [7, 11) is -3.21. The molecule has 0 bridgehead atoms. The Balaban J connectivity index is 1.85. The van der Waals surface area contributed by atoms with Gasteiger partial charge in [0, 0.05) is 39.4 Å². The molecule has 0 aliphatic carbocycles. The molecule has 1 aromatic carbocycles. The average molecular weight is 339 g/mol. The number of thiazole rings is 1. The second-order valence-electron chi connectivity index (χ2n) is 5.39. The zero-order valence-corrected chi connectivity index (χ0v) is 14.1. The molecule has 6 nitrogen and oxygen atoms in total. The molecule has 8 heteroatoms. The number of aromatic nitrogens is 1. The van der Waals surface area contributed by atoms with E-state index in [1.807, 2.05) is 4.90 Å². The lowest BCUT2D eigenvalue weighted by Gasteiger charge is -2.33. The number of fused-ring (bicyclic) bond motifs is 1. The number of hydrogen-bond donors (Lipinski definition) is 0. The first kappa shape index (κ1) is 15.2. The highest BCUT2D eigenvalue weighted by Crippen LogP contribution is 2.31. The molecule has 22 heavy (non-hydrogen) atoms. The fourth-order valence-electron chi connectivity index (χ4n) is 2.47. The molecule has 2 aromatic rings. The molecule has 0 radical (unpaired) electrons. The van der Waals surface area contributed by atoms with Crippen molar-refractivity contribution in [1.29, 1.82) is 0 Å². The van der Waals surface area contributed by atoms with Crippen LogP contribution in [0, 0.1) is 0 Å². The van der Waals surface area contributed by atoms with E-state index in [9.17, 15) is 13.2 Å². The summed E-state index contributed by atoms with van der Waals surface area (Å²) in [6.45, 7) is 4.47. The van der Waals surface area contributed by atoms with E-state index in [0.29, 0.717) is 18.0 Å². The molecule has 3 rings (SSSR count). The Labute approximate surface area is 133 Å². The van der Waals surface area contributed by atoms with Crippen LogP contribution in [0.5, 0.6) is 0 Å². The molecule has 1 aliphatic rings. The Bertz CT molecular complexity index is 821. The third-order valence-electron chi connectivity index (χ3n) is 3.77. The molecule has 1 aliphatic heterocycles. The van der Waals surface area contributed by atoms with Crippen LogP contribution in [-0.2, 0) is 14.6 Å². The van der Waals surface area contributed by atoms with Crippen LogP contribution in [0.3, 0.4) is 0 Å². The van der Waals surface area contributed by atoms with Crippen molar-refractivity contribution >= 4 is 42.4 Å². The Morgan fingerprint density at radius 1 is 1.23 bits per heavy atom. The molecule has 0 saturated carbocycles. The number of hydrogen-bond acceptors (Lipinski definition) is 6. The van der Waals surface area contributed by atoms with E-state index in [4.69, 9.17) is 0 Å². The number of nitrogens with zero attached hydrogens (tertiary/aromatic N) is 3. The van der Waals surface area contributed by atoms with E-state index < -0.39 is 9.84 Å². The fraction of sp³-hybridized carbons (Fsp3) is 0.429. The molecule has 0 spiro atoms. The van der Waals surface area contributed by atoms with Gasteiger partial charge in [0.05, 0.1) is 15.1 Å². The first-order chi connectivity index (χ1) is 10.3. The number of carbonyl (C=O) groups is 1. The van der Waals surface area contributed by atoms with Crippen LogP contribution >= 0.6 is 11.3 Å². The van der Waals surface area contributed by atoms with Crippen molar-refractivity contribution in [2.45, 2.75) is 11.8 Å². The van der Waals surface area contributed by atoms with Gasteiger partial charge in [0.15, 0.2) is 15.0 Å². The van der Waals surface area contributed by atoms with Gasteiger partial charge in [0.25, 0.3) is 0 Å². The minimum Gasteiger partial charge on any atom is -0.345 e. The Morgan fingerprint density at radius 2 is 1.91 bits per heavy atom. The number of piperazine rings is 1. The standard InChI is InChI=1S/C14H17N3O3S2/c1-10(18)16-5-7-17(8-6-16)14-15-12-4-3-11(22(2,19)20)9-13(12)21-14/h3-4,9H,5-8H2,1-2H3. The maximum Gasteiger partial charge on any atom is 0.219 e. The number of carbonyl (C=O) groups excluding carboxylic acids is 1. The zero-order chi connectivity index (χ0) is 15.9. The summed E-state index contributed by atoms with van der Waals surface area (Å²) in [6.07, 6.45) is 1.21. The monoisotopic (exact) mass is 339 g/mol. The summed E-state index contributed by atoms with van der Waals surface area (Å²) < 4.78 is 24.1. The summed E-state index contributed by atoms with van der Waals surface area (Å²) in [5.74, 6) is 0.0988. The molecule has 2 heterocycles. The molecule has 118 valence electrons. The summed E-state index contributed by atoms with van der Waals surface area (Å²) in [5, 5.41) is 0.879. The van der Waals surface area contributed by atoms with Gasteiger partial charge in [0.2, 0.25) is 5.91 Å². The molecular formula is C14H17N3O3S2.